The molecule has 1 atom stereocenters. The monoisotopic (exact) mass is 252 g/mol. The number of carboxylic acid groups (broad SMARTS) is 1. The summed E-state index contributed by atoms with van der Waals surface area (Å²) in [4.78, 5) is 10.5. The quantitative estimate of drug-likeness (QED) is 0.760. The van der Waals surface area contributed by atoms with Crippen molar-refractivity contribution in [1.29, 1.82) is 0 Å². The SMILES string of the molecule is CC(CS(=O)(=O)CCOC(C)(C)C)C(=O)O. The van der Waals surface area contributed by atoms with Crippen molar-refractivity contribution in [3.63, 3.8) is 0 Å². The minimum atomic E-state index is -3.35. The molecule has 0 spiro atoms. The molecule has 0 aromatic heterocycles. The maximum atomic E-state index is 11.5. The van der Waals surface area contributed by atoms with Crippen LogP contribution >= 0.6 is 0 Å². The Hall–Kier alpha value is -0.620. The van der Waals surface area contributed by atoms with Crippen molar-refractivity contribution in [3.05, 3.63) is 0 Å². The average molecular weight is 252 g/mol. The zero-order valence-electron chi connectivity index (χ0n) is 10.2. The van der Waals surface area contributed by atoms with Gasteiger partial charge in [0.05, 0.1) is 29.6 Å². The van der Waals surface area contributed by atoms with Crippen molar-refractivity contribution in [2.45, 2.75) is 33.3 Å². The van der Waals surface area contributed by atoms with Crippen LogP contribution in [-0.2, 0) is 19.4 Å². The van der Waals surface area contributed by atoms with Crippen molar-refractivity contribution < 1.29 is 23.1 Å². The third-order valence-corrected chi connectivity index (χ3v) is 3.65. The van der Waals surface area contributed by atoms with E-state index < -0.39 is 21.7 Å². The molecule has 0 aliphatic carbocycles. The van der Waals surface area contributed by atoms with E-state index in [9.17, 15) is 13.2 Å². The van der Waals surface area contributed by atoms with Gasteiger partial charge in [-0.3, -0.25) is 4.79 Å². The molecule has 0 rings (SSSR count). The lowest BCUT2D eigenvalue weighted by molar-refractivity contribution is -0.140. The standard InChI is InChI=1S/C10H20O5S/c1-8(9(11)12)7-16(13,14)6-5-15-10(2,3)4/h8H,5-7H2,1-4H3,(H,11,12). The van der Waals surface area contributed by atoms with E-state index in [1.165, 1.54) is 6.92 Å². The maximum Gasteiger partial charge on any atom is 0.307 e. The van der Waals surface area contributed by atoms with E-state index in [0.717, 1.165) is 0 Å². The number of carboxylic acids is 1. The average Bonchev–Trinajstić information content (AvgIpc) is 1.99. The molecule has 0 aliphatic heterocycles. The van der Waals surface area contributed by atoms with Crippen LogP contribution in [0, 0.1) is 5.92 Å². The van der Waals surface area contributed by atoms with Crippen LogP contribution in [0.1, 0.15) is 27.7 Å². The Labute approximate surface area is 96.7 Å². The van der Waals surface area contributed by atoms with E-state index in [1.807, 2.05) is 20.8 Å². The smallest absolute Gasteiger partial charge is 0.307 e. The van der Waals surface area contributed by atoms with Gasteiger partial charge in [-0.25, -0.2) is 8.42 Å². The van der Waals surface area contributed by atoms with Gasteiger partial charge >= 0.3 is 5.97 Å². The number of aliphatic carboxylic acids is 1. The first kappa shape index (κ1) is 15.4. The van der Waals surface area contributed by atoms with E-state index in [2.05, 4.69) is 0 Å². The Kier molecular flexibility index (Phi) is 5.41. The van der Waals surface area contributed by atoms with Crippen LogP contribution in [0.5, 0.6) is 0 Å². The molecule has 1 N–H and O–H groups in total. The highest BCUT2D eigenvalue weighted by Crippen LogP contribution is 2.08. The molecular formula is C10H20O5S. The number of carbonyl (C=O) groups is 1. The fourth-order valence-corrected chi connectivity index (χ4v) is 2.42. The number of ether oxygens (including phenoxy) is 1. The molecule has 0 radical (unpaired) electrons. The number of rotatable bonds is 6. The van der Waals surface area contributed by atoms with Crippen LogP contribution in [0.15, 0.2) is 0 Å². The molecule has 1 unspecified atom stereocenters. The summed E-state index contributed by atoms with van der Waals surface area (Å²) in [6, 6.07) is 0. The van der Waals surface area contributed by atoms with Gasteiger partial charge < -0.3 is 9.84 Å². The van der Waals surface area contributed by atoms with Gasteiger partial charge in [-0.05, 0) is 20.8 Å². The molecule has 6 heteroatoms. The van der Waals surface area contributed by atoms with Crippen molar-refractivity contribution in [2.24, 2.45) is 5.92 Å². The Bertz CT molecular complexity index is 326. The second kappa shape index (κ2) is 5.63. The lowest BCUT2D eigenvalue weighted by Crippen LogP contribution is -2.27. The molecule has 0 heterocycles. The predicted molar refractivity (Wildman–Crippen MR) is 61.2 cm³/mol. The topological polar surface area (TPSA) is 80.7 Å². The third-order valence-electron chi connectivity index (χ3n) is 1.85. The van der Waals surface area contributed by atoms with Crippen molar-refractivity contribution in [1.82, 2.24) is 0 Å². The minimum Gasteiger partial charge on any atom is -0.481 e. The number of hydrogen-bond acceptors (Lipinski definition) is 4. The van der Waals surface area contributed by atoms with E-state index in [4.69, 9.17) is 9.84 Å². The number of hydrogen-bond donors (Lipinski definition) is 1. The summed E-state index contributed by atoms with van der Waals surface area (Å²) in [6.45, 7) is 6.97. The second-order valence-corrected chi connectivity index (χ2v) is 7.04. The van der Waals surface area contributed by atoms with Gasteiger partial charge in [0.15, 0.2) is 9.84 Å². The van der Waals surface area contributed by atoms with Crippen LogP contribution in [0.4, 0.5) is 0 Å². The molecule has 0 aromatic carbocycles. The zero-order valence-corrected chi connectivity index (χ0v) is 11.0. The molecule has 0 saturated heterocycles. The normalized spacial score (nSPS) is 14.8. The first-order chi connectivity index (χ1) is 7.03. The van der Waals surface area contributed by atoms with Crippen LogP contribution in [0.3, 0.4) is 0 Å². The molecule has 0 fully saturated rings. The Morgan fingerprint density at radius 3 is 2.25 bits per heavy atom. The van der Waals surface area contributed by atoms with Gasteiger partial charge in [0, 0.05) is 0 Å². The predicted octanol–water partition coefficient (Wildman–Crippen LogP) is 0.937. The molecular weight excluding hydrogens is 232 g/mol. The second-order valence-electron chi connectivity index (χ2n) is 4.81. The molecule has 0 aliphatic rings. The van der Waals surface area contributed by atoms with Gasteiger partial charge in [-0.2, -0.15) is 0 Å². The lowest BCUT2D eigenvalue weighted by Gasteiger charge is -2.19. The molecule has 0 bridgehead atoms. The molecule has 0 amide bonds. The van der Waals surface area contributed by atoms with E-state index in [1.54, 1.807) is 0 Å². The van der Waals surface area contributed by atoms with Gasteiger partial charge in [0.2, 0.25) is 0 Å². The fraction of sp³-hybridized carbons (Fsp3) is 0.900. The van der Waals surface area contributed by atoms with Crippen LogP contribution < -0.4 is 0 Å². The third kappa shape index (κ3) is 7.64. The van der Waals surface area contributed by atoms with Crippen LogP contribution in [-0.4, -0.2) is 43.2 Å². The van der Waals surface area contributed by atoms with Crippen molar-refractivity contribution in [3.8, 4) is 0 Å². The van der Waals surface area contributed by atoms with Gasteiger partial charge in [-0.1, -0.05) is 6.92 Å². The molecule has 0 aromatic rings. The highest BCUT2D eigenvalue weighted by atomic mass is 32.2. The van der Waals surface area contributed by atoms with Gasteiger partial charge in [0.25, 0.3) is 0 Å². The molecule has 5 nitrogen and oxygen atoms in total. The van der Waals surface area contributed by atoms with Gasteiger partial charge in [0.1, 0.15) is 0 Å². The molecule has 16 heavy (non-hydrogen) atoms. The van der Waals surface area contributed by atoms with Gasteiger partial charge in [-0.15, -0.1) is 0 Å². The fourth-order valence-electron chi connectivity index (χ4n) is 1.01. The van der Waals surface area contributed by atoms with Crippen molar-refractivity contribution >= 4 is 15.8 Å². The van der Waals surface area contributed by atoms with E-state index in [-0.39, 0.29) is 23.7 Å². The number of sulfone groups is 1. The summed E-state index contributed by atoms with van der Waals surface area (Å²) in [5, 5.41) is 8.60. The first-order valence-electron chi connectivity index (χ1n) is 5.11. The zero-order chi connectivity index (χ0) is 13.0. The molecule has 0 saturated carbocycles. The Morgan fingerprint density at radius 2 is 1.88 bits per heavy atom. The summed E-state index contributed by atoms with van der Waals surface area (Å²) in [5.74, 6) is -2.45. The summed E-state index contributed by atoms with van der Waals surface area (Å²) in [7, 11) is -3.35. The highest BCUT2D eigenvalue weighted by molar-refractivity contribution is 7.91. The Balaban J connectivity index is 4.12. The Morgan fingerprint density at radius 1 is 1.38 bits per heavy atom. The summed E-state index contributed by atoms with van der Waals surface area (Å²) >= 11 is 0. The minimum absolute atomic E-state index is 0.0954. The summed E-state index contributed by atoms with van der Waals surface area (Å²) in [6.07, 6.45) is 0. The summed E-state index contributed by atoms with van der Waals surface area (Å²) in [5.41, 5.74) is -0.381. The largest absolute Gasteiger partial charge is 0.481 e. The van der Waals surface area contributed by atoms with E-state index >= 15 is 0 Å². The first-order valence-corrected chi connectivity index (χ1v) is 6.93. The highest BCUT2D eigenvalue weighted by Gasteiger charge is 2.21. The van der Waals surface area contributed by atoms with Crippen LogP contribution in [0.2, 0.25) is 0 Å². The van der Waals surface area contributed by atoms with E-state index in [0.29, 0.717) is 0 Å². The lowest BCUT2D eigenvalue weighted by atomic mass is 10.2. The molecule has 96 valence electrons. The van der Waals surface area contributed by atoms with Crippen LogP contribution in [0.25, 0.3) is 0 Å². The summed E-state index contributed by atoms with van der Waals surface area (Å²) < 4.78 is 28.3. The van der Waals surface area contributed by atoms with Crippen molar-refractivity contribution in [2.75, 3.05) is 18.1 Å². The maximum absolute atomic E-state index is 11.5.